The Balaban J connectivity index is 1.83. The van der Waals surface area contributed by atoms with Gasteiger partial charge in [-0.15, -0.1) is 0 Å². The van der Waals surface area contributed by atoms with E-state index in [1.54, 1.807) is 13.0 Å². The Kier molecular flexibility index (Phi) is 5.73. The molecule has 0 aromatic carbocycles. The van der Waals surface area contributed by atoms with Crippen molar-refractivity contribution < 1.29 is 34.1 Å². The van der Waals surface area contributed by atoms with Crippen molar-refractivity contribution in [2.75, 3.05) is 6.61 Å². The minimum absolute atomic E-state index is 0.0179. The van der Waals surface area contributed by atoms with Gasteiger partial charge in [-0.1, -0.05) is 46.8 Å². The van der Waals surface area contributed by atoms with E-state index in [2.05, 4.69) is 13.8 Å². The zero-order valence-corrected chi connectivity index (χ0v) is 21.3. The van der Waals surface area contributed by atoms with Crippen molar-refractivity contribution in [1.82, 2.24) is 0 Å². The lowest BCUT2D eigenvalue weighted by atomic mass is 9.60. The molecule has 0 aliphatic heterocycles. The fourth-order valence-corrected chi connectivity index (χ4v) is 7.23. The molecule has 4 aliphatic rings. The number of hydrogen-bond acceptors (Lipinski definition) is 7. The van der Waals surface area contributed by atoms with E-state index in [1.165, 1.54) is 6.92 Å². The summed E-state index contributed by atoms with van der Waals surface area (Å²) >= 11 is 0. The van der Waals surface area contributed by atoms with Gasteiger partial charge >= 0.3 is 11.9 Å². The Morgan fingerprint density at radius 2 is 1.88 bits per heavy atom. The number of hydrogen-bond donors (Lipinski definition) is 2. The van der Waals surface area contributed by atoms with Crippen molar-refractivity contribution in [1.29, 1.82) is 0 Å². The summed E-state index contributed by atoms with van der Waals surface area (Å²) in [4.78, 5) is 37.5. The minimum atomic E-state index is -1.81. The van der Waals surface area contributed by atoms with Crippen LogP contribution in [-0.4, -0.2) is 51.3 Å². The minimum Gasteiger partial charge on any atom is -0.461 e. The standard InChI is InChI=1S/C27H38O7/c1-8-14(2)23(30)34-26-11-16(4)27(32)19(21(26)24(26,6)7)10-18(13-33-17(5)28)12-25(31)20(27)9-15(3)22(25)29/h9-10,14,16,19-21,31-32H,8,11-13H2,1-7H3/t14-,16-,19+,20-,21-,25-,26+,27-/m1/s1. The number of carbonyl (C=O) groups is 3. The number of carbonyl (C=O) groups excluding carboxylic acids is 3. The van der Waals surface area contributed by atoms with Crippen LogP contribution in [0, 0.1) is 35.0 Å². The average Bonchev–Trinajstić information content (AvgIpc) is 3.16. The maximum absolute atomic E-state index is 13.1. The molecule has 2 N–H and O–H groups in total. The lowest BCUT2D eigenvalue weighted by Crippen LogP contribution is -2.61. The van der Waals surface area contributed by atoms with E-state index >= 15 is 0 Å². The maximum Gasteiger partial charge on any atom is 0.309 e. The molecule has 0 unspecified atom stereocenters. The molecule has 0 spiro atoms. The zero-order chi connectivity index (χ0) is 25.4. The van der Waals surface area contributed by atoms with Crippen LogP contribution >= 0.6 is 0 Å². The quantitative estimate of drug-likeness (QED) is 0.465. The van der Waals surface area contributed by atoms with Gasteiger partial charge in [-0.25, -0.2) is 0 Å². The monoisotopic (exact) mass is 474 g/mol. The van der Waals surface area contributed by atoms with Crippen LogP contribution < -0.4 is 0 Å². The highest BCUT2D eigenvalue weighted by molar-refractivity contribution is 6.04. The highest BCUT2D eigenvalue weighted by Gasteiger charge is 2.83. The van der Waals surface area contributed by atoms with Crippen LogP contribution in [0.4, 0.5) is 0 Å². The van der Waals surface area contributed by atoms with Crippen molar-refractivity contribution in [2.24, 2.45) is 35.0 Å². The summed E-state index contributed by atoms with van der Waals surface area (Å²) < 4.78 is 11.5. The molecule has 188 valence electrons. The number of Topliss-reactive ketones (excluding diaryl/α,β-unsaturated/α-hetero) is 1. The van der Waals surface area contributed by atoms with Gasteiger partial charge in [0.15, 0.2) is 5.78 Å². The van der Waals surface area contributed by atoms with Crippen LogP contribution in [0.3, 0.4) is 0 Å². The largest absolute Gasteiger partial charge is 0.461 e. The van der Waals surface area contributed by atoms with E-state index in [-0.39, 0.29) is 36.8 Å². The van der Waals surface area contributed by atoms with Gasteiger partial charge in [-0.3, -0.25) is 14.4 Å². The van der Waals surface area contributed by atoms with E-state index in [4.69, 9.17) is 9.47 Å². The maximum atomic E-state index is 13.1. The van der Waals surface area contributed by atoms with Crippen molar-refractivity contribution in [3.8, 4) is 0 Å². The van der Waals surface area contributed by atoms with Gasteiger partial charge in [-0.05, 0) is 36.8 Å². The fourth-order valence-electron chi connectivity index (χ4n) is 7.23. The third-order valence-corrected chi connectivity index (χ3v) is 9.43. The summed E-state index contributed by atoms with van der Waals surface area (Å²) in [6, 6.07) is 0. The second-order valence-corrected chi connectivity index (χ2v) is 11.7. The smallest absolute Gasteiger partial charge is 0.309 e. The van der Waals surface area contributed by atoms with Crippen molar-refractivity contribution >= 4 is 17.7 Å². The first-order valence-electron chi connectivity index (χ1n) is 12.4. The van der Waals surface area contributed by atoms with Crippen LogP contribution in [0.5, 0.6) is 0 Å². The van der Waals surface area contributed by atoms with Gasteiger partial charge < -0.3 is 19.7 Å². The molecule has 0 heterocycles. The highest BCUT2D eigenvalue weighted by Crippen LogP contribution is 2.76. The summed E-state index contributed by atoms with van der Waals surface area (Å²) in [6.07, 6.45) is 4.70. The van der Waals surface area contributed by atoms with Gasteiger partial charge in [0, 0.05) is 36.5 Å². The molecule has 0 aromatic heterocycles. The summed E-state index contributed by atoms with van der Waals surface area (Å²) in [5.41, 5.74) is -3.36. The molecule has 0 radical (unpaired) electrons. The molecule has 7 heteroatoms. The molecule has 0 bridgehead atoms. The molecule has 0 aromatic rings. The van der Waals surface area contributed by atoms with Gasteiger partial charge in [-0.2, -0.15) is 0 Å². The summed E-state index contributed by atoms with van der Waals surface area (Å²) in [5, 5.41) is 24.1. The van der Waals surface area contributed by atoms with Crippen LogP contribution in [0.15, 0.2) is 23.3 Å². The van der Waals surface area contributed by atoms with E-state index in [9.17, 15) is 24.6 Å². The fraction of sp³-hybridized carbons (Fsp3) is 0.741. The van der Waals surface area contributed by atoms with Crippen LogP contribution in [0.25, 0.3) is 0 Å². The molecule has 7 nitrogen and oxygen atoms in total. The third-order valence-electron chi connectivity index (χ3n) is 9.43. The summed E-state index contributed by atoms with van der Waals surface area (Å²) in [6.45, 7) is 12.7. The molecule has 0 amide bonds. The molecule has 2 saturated carbocycles. The highest BCUT2D eigenvalue weighted by atomic mass is 16.6. The molecule has 0 saturated heterocycles. The van der Waals surface area contributed by atoms with Gasteiger partial charge in [0.05, 0.1) is 11.5 Å². The first-order chi connectivity index (χ1) is 15.7. The lowest BCUT2D eigenvalue weighted by molar-refractivity contribution is -0.188. The molecule has 4 rings (SSSR count). The third kappa shape index (κ3) is 3.19. The lowest BCUT2D eigenvalue weighted by Gasteiger charge is -2.50. The molecule has 34 heavy (non-hydrogen) atoms. The van der Waals surface area contributed by atoms with E-state index in [0.717, 1.165) is 0 Å². The Morgan fingerprint density at radius 3 is 2.47 bits per heavy atom. The molecule has 4 aliphatic carbocycles. The average molecular weight is 475 g/mol. The SMILES string of the molecule is CC[C@@H](C)C(=O)O[C@@]12C[C@@H](C)[C@@]3(O)[C@@H](C=C(COC(C)=O)C[C@]4(O)C(=O)C(C)=C[C@@H]34)[C@@H]1C2(C)C. The van der Waals surface area contributed by atoms with Gasteiger partial charge in [0.2, 0.25) is 0 Å². The second kappa shape index (κ2) is 7.76. The Hall–Kier alpha value is -1.99. The van der Waals surface area contributed by atoms with Crippen molar-refractivity contribution in [3.05, 3.63) is 23.3 Å². The number of fused-ring (bicyclic) bond motifs is 5. The van der Waals surface area contributed by atoms with Crippen LogP contribution in [0.1, 0.15) is 67.7 Å². The predicted octanol–water partition coefficient (Wildman–Crippen LogP) is 3.13. The van der Waals surface area contributed by atoms with E-state index < -0.39 is 45.8 Å². The van der Waals surface area contributed by atoms with Gasteiger partial charge in [0.1, 0.15) is 17.8 Å². The van der Waals surface area contributed by atoms with E-state index in [1.807, 2.05) is 26.8 Å². The molecule has 8 atom stereocenters. The molecule has 2 fully saturated rings. The van der Waals surface area contributed by atoms with Crippen molar-refractivity contribution in [3.63, 3.8) is 0 Å². The number of rotatable bonds is 5. The number of aliphatic hydroxyl groups is 2. The number of esters is 2. The Morgan fingerprint density at radius 1 is 1.24 bits per heavy atom. The number of ether oxygens (including phenoxy) is 2. The molecular formula is C27H38O7. The number of ketones is 1. The summed E-state index contributed by atoms with van der Waals surface area (Å²) in [7, 11) is 0. The second-order valence-electron chi connectivity index (χ2n) is 11.7. The van der Waals surface area contributed by atoms with Crippen LogP contribution in [0.2, 0.25) is 0 Å². The van der Waals surface area contributed by atoms with Gasteiger partial charge in [0.25, 0.3) is 0 Å². The predicted molar refractivity (Wildman–Crippen MR) is 124 cm³/mol. The first kappa shape index (κ1) is 25.1. The van der Waals surface area contributed by atoms with Crippen LogP contribution in [-0.2, 0) is 23.9 Å². The van der Waals surface area contributed by atoms with Crippen molar-refractivity contribution in [2.45, 2.75) is 84.5 Å². The topological polar surface area (TPSA) is 110 Å². The Labute approximate surface area is 201 Å². The zero-order valence-electron chi connectivity index (χ0n) is 21.3. The normalized spacial score (nSPS) is 42.8. The summed E-state index contributed by atoms with van der Waals surface area (Å²) in [5.74, 6) is -3.19. The first-order valence-corrected chi connectivity index (χ1v) is 12.4. The van der Waals surface area contributed by atoms with E-state index in [0.29, 0.717) is 24.0 Å². The Bertz CT molecular complexity index is 993. The molecular weight excluding hydrogens is 436 g/mol.